The molecule has 5 nitrogen and oxygen atoms in total. The monoisotopic (exact) mass is 290 g/mol. The summed E-state index contributed by atoms with van der Waals surface area (Å²) >= 11 is 0. The van der Waals surface area contributed by atoms with Gasteiger partial charge in [0.15, 0.2) is 0 Å². The van der Waals surface area contributed by atoms with Crippen molar-refractivity contribution >= 4 is 23.6 Å². The summed E-state index contributed by atoms with van der Waals surface area (Å²) in [7, 11) is 0. The van der Waals surface area contributed by atoms with Crippen molar-refractivity contribution in [2.45, 2.75) is 26.7 Å². The third kappa shape index (κ3) is 4.43. The molecule has 0 aliphatic rings. The number of carbonyl (C=O) groups is 2. The fourth-order valence-corrected chi connectivity index (χ4v) is 2.06. The van der Waals surface area contributed by atoms with Gasteiger partial charge in [-0.05, 0) is 36.6 Å². The molecule has 21 heavy (non-hydrogen) atoms. The van der Waals surface area contributed by atoms with Gasteiger partial charge in [0, 0.05) is 18.3 Å². The molecule has 0 radical (unpaired) electrons. The molecule has 1 amide bonds. The number of carboxylic acid groups (broad SMARTS) is 1. The van der Waals surface area contributed by atoms with E-state index < -0.39 is 11.4 Å². The van der Waals surface area contributed by atoms with E-state index in [2.05, 4.69) is 5.32 Å². The van der Waals surface area contributed by atoms with Gasteiger partial charge in [-0.3, -0.25) is 4.79 Å². The summed E-state index contributed by atoms with van der Waals surface area (Å²) in [6.45, 7) is 4.22. The molecule has 0 unspecified atom stereocenters. The quantitative estimate of drug-likeness (QED) is 0.673. The van der Waals surface area contributed by atoms with Crippen LogP contribution in [0.25, 0.3) is 6.08 Å². The van der Waals surface area contributed by atoms with Crippen molar-refractivity contribution in [2.24, 2.45) is 11.1 Å². The van der Waals surface area contributed by atoms with Crippen LogP contribution in [0, 0.1) is 5.41 Å². The number of hydrogen-bond acceptors (Lipinski definition) is 3. The van der Waals surface area contributed by atoms with E-state index in [0.717, 1.165) is 11.6 Å². The Morgan fingerprint density at radius 1 is 1.24 bits per heavy atom. The summed E-state index contributed by atoms with van der Waals surface area (Å²) in [4.78, 5) is 22.8. The van der Waals surface area contributed by atoms with Gasteiger partial charge in [0.2, 0.25) is 5.91 Å². The molecular formula is C16H22N2O3. The number of carbonyl (C=O) groups excluding carboxylic acids is 1. The van der Waals surface area contributed by atoms with Crippen molar-refractivity contribution in [3.63, 3.8) is 0 Å². The Morgan fingerprint density at radius 3 is 2.24 bits per heavy atom. The molecule has 1 aromatic rings. The minimum absolute atomic E-state index is 0.0798. The minimum Gasteiger partial charge on any atom is -0.478 e. The summed E-state index contributed by atoms with van der Waals surface area (Å²) < 4.78 is 0. The van der Waals surface area contributed by atoms with Gasteiger partial charge in [-0.25, -0.2) is 4.79 Å². The van der Waals surface area contributed by atoms with E-state index in [4.69, 9.17) is 10.8 Å². The van der Waals surface area contributed by atoms with Crippen molar-refractivity contribution in [1.82, 2.24) is 0 Å². The zero-order valence-corrected chi connectivity index (χ0v) is 12.4. The molecule has 1 aromatic carbocycles. The average molecular weight is 290 g/mol. The van der Waals surface area contributed by atoms with E-state index in [9.17, 15) is 9.59 Å². The Hall–Kier alpha value is -2.14. The van der Waals surface area contributed by atoms with Gasteiger partial charge in [-0.15, -0.1) is 0 Å². The van der Waals surface area contributed by atoms with Crippen LogP contribution >= 0.6 is 0 Å². The van der Waals surface area contributed by atoms with Crippen molar-refractivity contribution in [3.8, 4) is 0 Å². The molecule has 0 heterocycles. The predicted octanol–water partition coefficient (Wildman–Crippen LogP) is 2.49. The Kier molecular flexibility index (Phi) is 6.11. The Bertz CT molecular complexity index is 509. The molecule has 0 aromatic heterocycles. The Morgan fingerprint density at radius 2 is 1.81 bits per heavy atom. The van der Waals surface area contributed by atoms with Gasteiger partial charge in [0.05, 0.1) is 5.41 Å². The van der Waals surface area contributed by atoms with Crippen LogP contribution in [-0.4, -0.2) is 23.5 Å². The van der Waals surface area contributed by atoms with Gasteiger partial charge in [-0.1, -0.05) is 26.0 Å². The van der Waals surface area contributed by atoms with Crippen LogP contribution in [-0.2, 0) is 9.59 Å². The number of carboxylic acids is 1. The normalized spacial score (nSPS) is 11.6. The number of amides is 1. The number of nitrogens with two attached hydrogens (primary N) is 1. The van der Waals surface area contributed by atoms with Crippen LogP contribution in [0.15, 0.2) is 30.3 Å². The van der Waals surface area contributed by atoms with E-state index >= 15 is 0 Å². The smallest absolute Gasteiger partial charge is 0.328 e. The maximum absolute atomic E-state index is 12.3. The first kappa shape index (κ1) is 16.9. The molecule has 0 fully saturated rings. The van der Waals surface area contributed by atoms with Gasteiger partial charge in [0.25, 0.3) is 0 Å². The van der Waals surface area contributed by atoms with Gasteiger partial charge >= 0.3 is 5.97 Å². The van der Waals surface area contributed by atoms with Crippen LogP contribution in [0.3, 0.4) is 0 Å². The van der Waals surface area contributed by atoms with Crippen molar-refractivity contribution < 1.29 is 14.7 Å². The van der Waals surface area contributed by atoms with E-state index in [1.807, 2.05) is 13.8 Å². The maximum atomic E-state index is 12.3. The predicted molar refractivity (Wildman–Crippen MR) is 83.8 cm³/mol. The largest absolute Gasteiger partial charge is 0.478 e. The first-order valence-electron chi connectivity index (χ1n) is 7.00. The molecule has 1 rings (SSSR count). The van der Waals surface area contributed by atoms with E-state index in [1.165, 1.54) is 6.08 Å². The molecule has 0 spiro atoms. The SMILES string of the molecule is CCC(CC)(CN)C(=O)Nc1ccc(/C=C/C(=O)O)cc1. The van der Waals surface area contributed by atoms with Gasteiger partial charge in [-0.2, -0.15) is 0 Å². The number of hydrogen-bond donors (Lipinski definition) is 3. The van der Waals surface area contributed by atoms with E-state index in [1.54, 1.807) is 24.3 Å². The Balaban J connectivity index is 2.80. The molecule has 0 atom stereocenters. The number of anilines is 1. The molecule has 0 bridgehead atoms. The summed E-state index contributed by atoms with van der Waals surface area (Å²) in [5, 5.41) is 11.4. The summed E-state index contributed by atoms with van der Waals surface area (Å²) in [6, 6.07) is 6.98. The average Bonchev–Trinajstić information content (AvgIpc) is 2.49. The first-order chi connectivity index (χ1) is 9.97. The molecule has 114 valence electrons. The Labute approximate surface area is 124 Å². The zero-order valence-electron chi connectivity index (χ0n) is 12.4. The number of benzene rings is 1. The van der Waals surface area contributed by atoms with Gasteiger partial charge < -0.3 is 16.2 Å². The highest BCUT2D eigenvalue weighted by Gasteiger charge is 2.33. The second kappa shape index (κ2) is 7.59. The summed E-state index contributed by atoms with van der Waals surface area (Å²) in [6.07, 6.45) is 3.94. The molecule has 0 saturated carbocycles. The third-order valence-electron chi connectivity index (χ3n) is 3.81. The fraction of sp³-hybridized carbons (Fsp3) is 0.375. The molecule has 0 aliphatic carbocycles. The second-order valence-corrected chi connectivity index (χ2v) is 4.94. The lowest BCUT2D eigenvalue weighted by molar-refractivity contribution is -0.131. The van der Waals surface area contributed by atoms with E-state index in [-0.39, 0.29) is 5.91 Å². The standard InChI is InChI=1S/C16H22N2O3/c1-3-16(4-2,11-17)15(21)18-13-8-5-12(6-9-13)7-10-14(19)20/h5-10H,3-4,11,17H2,1-2H3,(H,18,21)(H,19,20)/b10-7+. The lowest BCUT2D eigenvalue weighted by Gasteiger charge is -2.28. The van der Waals surface area contributed by atoms with Crippen LogP contribution < -0.4 is 11.1 Å². The lowest BCUT2D eigenvalue weighted by atomic mass is 9.81. The fourth-order valence-electron chi connectivity index (χ4n) is 2.06. The first-order valence-corrected chi connectivity index (χ1v) is 7.00. The highest BCUT2D eigenvalue weighted by molar-refractivity contribution is 5.95. The van der Waals surface area contributed by atoms with Crippen molar-refractivity contribution in [2.75, 3.05) is 11.9 Å². The number of rotatable bonds is 7. The van der Waals surface area contributed by atoms with Crippen molar-refractivity contribution in [1.29, 1.82) is 0 Å². The summed E-state index contributed by atoms with van der Waals surface area (Å²) in [5.41, 5.74) is 6.64. The number of aliphatic carboxylic acids is 1. The highest BCUT2D eigenvalue weighted by atomic mass is 16.4. The topological polar surface area (TPSA) is 92.4 Å². The molecule has 0 aliphatic heterocycles. The molecule has 5 heteroatoms. The van der Waals surface area contributed by atoms with Crippen molar-refractivity contribution in [3.05, 3.63) is 35.9 Å². The van der Waals surface area contributed by atoms with Crippen LogP contribution in [0.2, 0.25) is 0 Å². The summed E-state index contributed by atoms with van der Waals surface area (Å²) in [5.74, 6) is -1.07. The lowest BCUT2D eigenvalue weighted by Crippen LogP contribution is -2.41. The molecule has 4 N–H and O–H groups in total. The van der Waals surface area contributed by atoms with Crippen LogP contribution in [0.5, 0.6) is 0 Å². The van der Waals surface area contributed by atoms with Crippen LogP contribution in [0.1, 0.15) is 32.3 Å². The highest BCUT2D eigenvalue weighted by Crippen LogP contribution is 2.27. The zero-order chi connectivity index (χ0) is 15.9. The number of nitrogens with one attached hydrogen (secondary N) is 1. The molecule has 0 saturated heterocycles. The maximum Gasteiger partial charge on any atom is 0.328 e. The third-order valence-corrected chi connectivity index (χ3v) is 3.81. The molecular weight excluding hydrogens is 268 g/mol. The van der Waals surface area contributed by atoms with Gasteiger partial charge in [0.1, 0.15) is 0 Å². The van der Waals surface area contributed by atoms with Crippen LogP contribution in [0.4, 0.5) is 5.69 Å². The minimum atomic E-state index is -0.994. The second-order valence-electron chi connectivity index (χ2n) is 4.94. The van der Waals surface area contributed by atoms with E-state index in [0.29, 0.717) is 25.1 Å².